The Morgan fingerprint density at radius 2 is 1.62 bits per heavy atom. The van der Waals surface area contributed by atoms with E-state index in [4.69, 9.17) is 9.84 Å². The quantitative estimate of drug-likeness (QED) is 0.728. The fraction of sp³-hybridized carbons (Fsp3) is 1.00. The number of ether oxygens (including phenoxy) is 1. The molecule has 1 aliphatic heterocycles. The number of rotatable bonds is 5. The van der Waals surface area contributed by atoms with Crippen LogP contribution in [0.25, 0.3) is 0 Å². The van der Waals surface area contributed by atoms with Crippen LogP contribution in [0.2, 0.25) is 0 Å². The average Bonchev–Trinajstić information content (AvgIpc) is 2.32. The molecule has 1 unspecified atom stereocenters. The van der Waals surface area contributed by atoms with Gasteiger partial charge in [-0.1, -0.05) is 44.9 Å². The lowest BCUT2D eigenvalue weighted by Crippen LogP contribution is -2.14. The van der Waals surface area contributed by atoms with Crippen LogP contribution in [0.1, 0.15) is 70.6 Å². The predicted molar refractivity (Wildman–Crippen MR) is 67.6 cm³/mol. The number of aliphatic hydroxyl groups is 1. The maximum absolute atomic E-state index is 8.72. The van der Waals surface area contributed by atoms with E-state index in [1.165, 1.54) is 57.8 Å². The van der Waals surface area contributed by atoms with Gasteiger partial charge in [-0.05, 0) is 25.7 Å². The van der Waals surface area contributed by atoms with Gasteiger partial charge in [0.05, 0.1) is 6.10 Å². The third-order valence-electron chi connectivity index (χ3n) is 3.46. The zero-order valence-corrected chi connectivity index (χ0v) is 10.6. The summed E-state index contributed by atoms with van der Waals surface area (Å²) in [7, 11) is 0. The van der Waals surface area contributed by atoms with E-state index in [0.29, 0.717) is 12.7 Å². The first-order valence-electron chi connectivity index (χ1n) is 7.16. The van der Waals surface area contributed by atoms with Crippen LogP contribution in [0.15, 0.2) is 0 Å². The second-order valence-corrected chi connectivity index (χ2v) is 4.98. The monoisotopic (exact) mass is 228 g/mol. The van der Waals surface area contributed by atoms with E-state index in [1.54, 1.807) is 0 Å². The largest absolute Gasteiger partial charge is 0.396 e. The topological polar surface area (TPSA) is 29.5 Å². The van der Waals surface area contributed by atoms with Gasteiger partial charge in [0.1, 0.15) is 0 Å². The van der Waals surface area contributed by atoms with Crippen molar-refractivity contribution in [1.29, 1.82) is 0 Å². The summed E-state index contributed by atoms with van der Waals surface area (Å²) >= 11 is 0. The average molecular weight is 228 g/mol. The molecule has 0 spiro atoms. The molecule has 0 radical (unpaired) electrons. The second-order valence-electron chi connectivity index (χ2n) is 4.98. The first-order chi connectivity index (χ1) is 7.93. The van der Waals surface area contributed by atoms with E-state index in [1.807, 2.05) is 0 Å². The van der Waals surface area contributed by atoms with Gasteiger partial charge in [-0.15, -0.1) is 0 Å². The molecule has 16 heavy (non-hydrogen) atoms. The molecule has 1 rings (SSSR count). The van der Waals surface area contributed by atoms with Crippen LogP contribution in [0.5, 0.6) is 0 Å². The standard InChI is InChI=1S/C14H28O2/c15-12-8-5-7-11-14-10-6-3-1-2-4-9-13-16-14/h14-15H,1-13H2. The van der Waals surface area contributed by atoms with Gasteiger partial charge in [-0.2, -0.15) is 0 Å². The van der Waals surface area contributed by atoms with Crippen LogP contribution < -0.4 is 0 Å². The molecule has 2 heteroatoms. The van der Waals surface area contributed by atoms with Gasteiger partial charge in [0.15, 0.2) is 0 Å². The first kappa shape index (κ1) is 14.0. The normalized spacial score (nSPS) is 24.2. The number of aliphatic hydroxyl groups excluding tert-OH is 1. The minimum atomic E-state index is 0.339. The first-order valence-corrected chi connectivity index (χ1v) is 7.16. The molecule has 0 bridgehead atoms. The maximum Gasteiger partial charge on any atom is 0.0575 e. The van der Waals surface area contributed by atoms with E-state index >= 15 is 0 Å². The van der Waals surface area contributed by atoms with Gasteiger partial charge < -0.3 is 9.84 Å². The van der Waals surface area contributed by atoms with Crippen molar-refractivity contribution in [3.05, 3.63) is 0 Å². The second kappa shape index (κ2) is 10.1. The summed E-state index contributed by atoms with van der Waals surface area (Å²) in [4.78, 5) is 0. The summed E-state index contributed by atoms with van der Waals surface area (Å²) in [5, 5.41) is 8.72. The Bertz CT molecular complexity index is 138. The van der Waals surface area contributed by atoms with Crippen molar-refractivity contribution < 1.29 is 9.84 Å². The Balaban J connectivity index is 2.09. The van der Waals surface area contributed by atoms with Crippen LogP contribution in [-0.4, -0.2) is 24.4 Å². The highest BCUT2D eigenvalue weighted by molar-refractivity contribution is 4.61. The van der Waals surface area contributed by atoms with Crippen molar-refractivity contribution in [3.8, 4) is 0 Å². The van der Waals surface area contributed by atoms with Gasteiger partial charge in [-0.25, -0.2) is 0 Å². The molecule has 0 aromatic rings. The van der Waals surface area contributed by atoms with Crippen LogP contribution in [0.4, 0.5) is 0 Å². The third kappa shape index (κ3) is 7.24. The minimum absolute atomic E-state index is 0.339. The fourth-order valence-corrected chi connectivity index (χ4v) is 2.40. The predicted octanol–water partition coefficient (Wildman–Crippen LogP) is 3.67. The summed E-state index contributed by atoms with van der Waals surface area (Å²) < 4.78 is 5.94. The summed E-state index contributed by atoms with van der Waals surface area (Å²) in [6, 6.07) is 0. The third-order valence-corrected chi connectivity index (χ3v) is 3.46. The summed E-state index contributed by atoms with van der Waals surface area (Å²) in [5.41, 5.74) is 0. The lowest BCUT2D eigenvalue weighted by molar-refractivity contribution is 0.0336. The Kier molecular flexibility index (Phi) is 8.83. The number of unbranched alkanes of at least 4 members (excludes halogenated alkanes) is 2. The molecule has 1 saturated heterocycles. The molecular formula is C14H28O2. The molecule has 1 aliphatic rings. The Hall–Kier alpha value is -0.0800. The van der Waals surface area contributed by atoms with E-state index < -0.39 is 0 Å². The van der Waals surface area contributed by atoms with Crippen molar-refractivity contribution in [3.63, 3.8) is 0 Å². The molecule has 1 heterocycles. The highest BCUT2D eigenvalue weighted by Gasteiger charge is 2.09. The molecule has 96 valence electrons. The lowest BCUT2D eigenvalue weighted by atomic mass is 10.0. The van der Waals surface area contributed by atoms with E-state index in [-0.39, 0.29) is 0 Å². The van der Waals surface area contributed by atoms with Crippen molar-refractivity contribution in [1.82, 2.24) is 0 Å². The molecule has 1 N–H and O–H groups in total. The van der Waals surface area contributed by atoms with Crippen LogP contribution >= 0.6 is 0 Å². The zero-order valence-electron chi connectivity index (χ0n) is 10.6. The molecule has 0 aromatic heterocycles. The molecule has 2 nitrogen and oxygen atoms in total. The highest BCUT2D eigenvalue weighted by Crippen LogP contribution is 2.17. The van der Waals surface area contributed by atoms with E-state index in [9.17, 15) is 0 Å². The minimum Gasteiger partial charge on any atom is -0.396 e. The van der Waals surface area contributed by atoms with Gasteiger partial charge in [0.25, 0.3) is 0 Å². The Morgan fingerprint density at radius 1 is 0.875 bits per heavy atom. The SMILES string of the molecule is OCCCCCC1CCCCCCCCO1. The Labute approximate surface area is 100 Å². The van der Waals surface area contributed by atoms with Crippen molar-refractivity contribution in [2.75, 3.05) is 13.2 Å². The van der Waals surface area contributed by atoms with Gasteiger partial charge in [0, 0.05) is 13.2 Å². The zero-order chi connectivity index (χ0) is 11.5. The van der Waals surface area contributed by atoms with Gasteiger partial charge in [0.2, 0.25) is 0 Å². The van der Waals surface area contributed by atoms with Crippen LogP contribution in [0.3, 0.4) is 0 Å². The van der Waals surface area contributed by atoms with Gasteiger partial charge >= 0.3 is 0 Å². The summed E-state index contributed by atoms with van der Waals surface area (Å²) in [6.45, 7) is 1.30. The lowest BCUT2D eigenvalue weighted by Gasteiger charge is -2.19. The highest BCUT2D eigenvalue weighted by atomic mass is 16.5. The van der Waals surface area contributed by atoms with E-state index in [0.717, 1.165) is 19.4 Å². The molecule has 0 aromatic carbocycles. The molecule has 0 aliphatic carbocycles. The van der Waals surface area contributed by atoms with Crippen LogP contribution in [0, 0.1) is 0 Å². The summed E-state index contributed by atoms with van der Waals surface area (Å²) in [6.07, 6.45) is 14.4. The maximum atomic E-state index is 8.72. The van der Waals surface area contributed by atoms with Crippen molar-refractivity contribution in [2.24, 2.45) is 0 Å². The van der Waals surface area contributed by atoms with Crippen molar-refractivity contribution >= 4 is 0 Å². The fourth-order valence-electron chi connectivity index (χ4n) is 2.40. The van der Waals surface area contributed by atoms with E-state index in [2.05, 4.69) is 0 Å². The Morgan fingerprint density at radius 3 is 2.44 bits per heavy atom. The van der Waals surface area contributed by atoms with Crippen molar-refractivity contribution in [2.45, 2.75) is 76.7 Å². The van der Waals surface area contributed by atoms with Gasteiger partial charge in [-0.3, -0.25) is 0 Å². The molecule has 1 atom stereocenters. The summed E-state index contributed by atoms with van der Waals surface area (Å²) in [5.74, 6) is 0. The number of hydrogen-bond acceptors (Lipinski definition) is 2. The molecule has 1 fully saturated rings. The molecular weight excluding hydrogens is 200 g/mol. The molecule has 0 saturated carbocycles. The number of hydrogen-bond donors (Lipinski definition) is 1. The molecule has 0 amide bonds. The smallest absolute Gasteiger partial charge is 0.0575 e. The van der Waals surface area contributed by atoms with Crippen LogP contribution in [-0.2, 0) is 4.74 Å².